The van der Waals surface area contributed by atoms with Crippen LogP contribution >= 0.6 is 11.6 Å². The molecule has 2 heterocycles. The molecule has 0 aliphatic carbocycles. The van der Waals surface area contributed by atoms with Crippen molar-refractivity contribution in [2.45, 2.75) is 50.9 Å². The zero-order valence-corrected chi connectivity index (χ0v) is 25.9. The lowest BCUT2D eigenvalue weighted by Crippen LogP contribution is -2.48. The van der Waals surface area contributed by atoms with Crippen molar-refractivity contribution in [1.29, 1.82) is 0 Å². The number of amides is 1. The fourth-order valence-electron chi connectivity index (χ4n) is 6.81. The lowest BCUT2D eigenvalue weighted by Gasteiger charge is -2.43. The van der Waals surface area contributed by atoms with Gasteiger partial charge in [0.1, 0.15) is 5.82 Å². The topological polar surface area (TPSA) is 55.2 Å². The van der Waals surface area contributed by atoms with Crippen LogP contribution < -0.4 is 5.56 Å². The van der Waals surface area contributed by atoms with Gasteiger partial charge in [-0.2, -0.15) is 0 Å². The smallest absolute Gasteiger partial charge is 0.265 e. The zero-order chi connectivity index (χ0) is 30.5. The van der Waals surface area contributed by atoms with Crippen LogP contribution in [0, 0.1) is 5.92 Å². The van der Waals surface area contributed by atoms with Gasteiger partial charge in [0, 0.05) is 35.9 Å². The molecule has 5 aromatic rings. The number of hydrogen-bond acceptors (Lipinski definition) is 3. The average molecular weight is 604 g/mol. The van der Waals surface area contributed by atoms with E-state index in [1.54, 1.807) is 22.8 Å². The molecule has 1 saturated heterocycles. The first kappa shape index (κ1) is 29.8. The van der Waals surface area contributed by atoms with Crippen molar-refractivity contribution in [3.8, 4) is 5.69 Å². The molecule has 0 radical (unpaired) electrons. The Morgan fingerprint density at radius 2 is 1.50 bits per heavy atom. The number of piperidine rings is 1. The number of likely N-dealkylation sites (tertiary alicyclic amines) is 1. The summed E-state index contributed by atoms with van der Waals surface area (Å²) in [5.74, 6) is 0.452. The maximum atomic E-state index is 14.3. The number of fused-ring (bicyclic) bond motifs is 1. The Labute approximate surface area is 264 Å². The summed E-state index contributed by atoms with van der Waals surface area (Å²) in [7, 11) is 0. The molecule has 5 nitrogen and oxygen atoms in total. The molecule has 0 bridgehead atoms. The molecule has 0 saturated carbocycles. The van der Waals surface area contributed by atoms with Gasteiger partial charge in [-0.25, -0.2) is 4.98 Å². The van der Waals surface area contributed by atoms with E-state index in [0.717, 1.165) is 32.1 Å². The predicted molar refractivity (Wildman–Crippen MR) is 179 cm³/mol. The normalized spacial score (nSPS) is 15.3. The number of para-hydroxylation sites is 1. The Morgan fingerprint density at radius 3 is 2.14 bits per heavy atom. The molecular weight excluding hydrogens is 566 g/mol. The van der Waals surface area contributed by atoms with E-state index in [1.807, 2.05) is 35.2 Å². The van der Waals surface area contributed by atoms with Gasteiger partial charge in [0.25, 0.3) is 5.56 Å². The minimum Gasteiger partial charge on any atom is -0.342 e. The van der Waals surface area contributed by atoms with Crippen LogP contribution in [-0.4, -0.2) is 33.4 Å². The number of nitrogens with zero attached hydrogens (tertiary/aromatic N) is 3. The summed E-state index contributed by atoms with van der Waals surface area (Å²) in [5, 5.41) is 1.09. The van der Waals surface area contributed by atoms with Gasteiger partial charge in [-0.3, -0.25) is 14.2 Å². The largest absolute Gasteiger partial charge is 0.342 e. The van der Waals surface area contributed by atoms with Crippen molar-refractivity contribution >= 4 is 28.4 Å². The first-order valence-corrected chi connectivity index (χ1v) is 16.0. The highest BCUT2D eigenvalue weighted by atomic mass is 35.5. The van der Waals surface area contributed by atoms with Crippen molar-refractivity contribution in [1.82, 2.24) is 14.5 Å². The number of hydrogen-bond donors (Lipinski definition) is 0. The number of carbonyl (C=O) groups excluding carboxylic acids is 1. The summed E-state index contributed by atoms with van der Waals surface area (Å²) in [6.07, 6.45) is 4.75. The van der Waals surface area contributed by atoms with E-state index >= 15 is 0 Å². The van der Waals surface area contributed by atoms with Crippen molar-refractivity contribution in [3.05, 3.63) is 142 Å². The monoisotopic (exact) mass is 603 g/mol. The molecule has 4 aromatic carbocycles. The van der Waals surface area contributed by atoms with Crippen LogP contribution in [0.2, 0.25) is 5.02 Å². The highest BCUT2D eigenvalue weighted by Crippen LogP contribution is 2.42. The molecule has 0 N–H and O–H groups in total. The van der Waals surface area contributed by atoms with Crippen LogP contribution in [-0.2, 0) is 16.6 Å². The van der Waals surface area contributed by atoms with E-state index in [2.05, 4.69) is 67.6 Å². The third-order valence-electron chi connectivity index (χ3n) is 9.18. The van der Waals surface area contributed by atoms with E-state index in [1.165, 1.54) is 11.1 Å². The van der Waals surface area contributed by atoms with Gasteiger partial charge in [-0.1, -0.05) is 110 Å². The van der Waals surface area contributed by atoms with Crippen LogP contribution in [0.5, 0.6) is 0 Å². The minimum absolute atomic E-state index is 0.134. The number of rotatable bonds is 9. The van der Waals surface area contributed by atoms with Gasteiger partial charge in [0.05, 0.1) is 16.6 Å². The van der Waals surface area contributed by atoms with E-state index in [9.17, 15) is 9.59 Å². The third-order valence-corrected chi connectivity index (χ3v) is 9.41. The Hall–Kier alpha value is -4.22. The molecule has 1 fully saturated rings. The van der Waals surface area contributed by atoms with Gasteiger partial charge >= 0.3 is 0 Å². The van der Waals surface area contributed by atoms with Crippen molar-refractivity contribution in [3.63, 3.8) is 0 Å². The third kappa shape index (κ3) is 5.94. The summed E-state index contributed by atoms with van der Waals surface area (Å²) in [5.41, 5.74) is 3.61. The first-order valence-electron chi connectivity index (χ1n) is 15.7. The fourth-order valence-corrected chi connectivity index (χ4v) is 6.99. The molecule has 6 heteroatoms. The summed E-state index contributed by atoms with van der Waals surface area (Å²) in [4.78, 5) is 35.2. The molecule has 44 heavy (non-hydrogen) atoms. The summed E-state index contributed by atoms with van der Waals surface area (Å²) in [6.45, 7) is 3.50. The molecule has 0 spiro atoms. The lowest BCUT2D eigenvalue weighted by molar-refractivity contribution is -0.137. The van der Waals surface area contributed by atoms with Gasteiger partial charge in [-0.05, 0) is 60.7 Å². The molecule has 1 aliphatic heterocycles. The molecule has 1 amide bonds. The molecule has 1 aliphatic rings. The van der Waals surface area contributed by atoms with E-state index in [4.69, 9.17) is 16.6 Å². The van der Waals surface area contributed by atoms with E-state index in [-0.39, 0.29) is 22.8 Å². The maximum absolute atomic E-state index is 14.3. The quantitative estimate of drug-likeness (QED) is 0.172. The summed E-state index contributed by atoms with van der Waals surface area (Å²) in [6, 6.07) is 36.1. The Kier molecular flexibility index (Phi) is 8.94. The van der Waals surface area contributed by atoms with Gasteiger partial charge in [-0.15, -0.1) is 0 Å². The number of carbonyl (C=O) groups is 1. The van der Waals surface area contributed by atoms with Crippen LogP contribution in [0.1, 0.15) is 56.0 Å². The van der Waals surface area contributed by atoms with Crippen LogP contribution in [0.15, 0.2) is 114 Å². The predicted octanol–water partition coefficient (Wildman–Crippen LogP) is 8.00. The number of aromatic nitrogens is 2. The Morgan fingerprint density at radius 1 is 0.864 bits per heavy atom. The second-order valence-corrected chi connectivity index (χ2v) is 12.3. The summed E-state index contributed by atoms with van der Waals surface area (Å²) >= 11 is 6.36. The second kappa shape index (κ2) is 13.2. The molecule has 6 rings (SSSR count). The van der Waals surface area contributed by atoms with E-state index in [0.29, 0.717) is 46.9 Å². The average Bonchev–Trinajstić information content (AvgIpc) is 3.07. The van der Waals surface area contributed by atoms with Crippen LogP contribution in [0.4, 0.5) is 0 Å². The number of benzene rings is 4. The zero-order valence-electron chi connectivity index (χ0n) is 25.2. The summed E-state index contributed by atoms with van der Waals surface area (Å²) < 4.78 is 1.65. The SMILES string of the molecule is CCCCC(Cc1nc2ccccc2c(=O)n1-c1cccc(Cl)c1)C(=O)N1CCC(c2ccccc2)(c2ccccc2)CC1. The van der Waals surface area contributed by atoms with Gasteiger partial charge in [0.2, 0.25) is 5.91 Å². The van der Waals surface area contributed by atoms with E-state index < -0.39 is 0 Å². The van der Waals surface area contributed by atoms with Crippen molar-refractivity contribution < 1.29 is 4.79 Å². The van der Waals surface area contributed by atoms with Crippen molar-refractivity contribution in [2.24, 2.45) is 5.92 Å². The first-order chi connectivity index (χ1) is 21.5. The Bertz CT molecular complexity index is 1750. The Balaban J connectivity index is 1.32. The lowest BCUT2D eigenvalue weighted by atomic mass is 9.68. The fraction of sp³-hybridized carbons (Fsp3) is 0.289. The van der Waals surface area contributed by atoms with Crippen LogP contribution in [0.3, 0.4) is 0 Å². The molecule has 1 aromatic heterocycles. The molecule has 1 atom stereocenters. The number of unbranched alkanes of at least 4 members (excludes halogenated alkanes) is 1. The van der Waals surface area contributed by atoms with Crippen molar-refractivity contribution in [2.75, 3.05) is 13.1 Å². The van der Waals surface area contributed by atoms with Crippen LogP contribution in [0.25, 0.3) is 16.6 Å². The minimum atomic E-state index is -0.283. The highest BCUT2D eigenvalue weighted by Gasteiger charge is 2.40. The standard InChI is InChI=1S/C38H38ClN3O2/c1-2-3-13-28(26-35-40-34-21-11-10-20-33(34)37(44)42(35)32-19-12-18-31(39)27-32)36(43)41-24-22-38(23-25-41,29-14-6-4-7-15-29)30-16-8-5-9-17-30/h4-12,14-21,27-28H,2-3,13,22-26H2,1H3. The second-order valence-electron chi connectivity index (χ2n) is 11.8. The molecular formula is C38H38ClN3O2. The van der Waals surface area contributed by atoms with Gasteiger partial charge < -0.3 is 4.90 Å². The molecule has 1 unspecified atom stereocenters. The van der Waals surface area contributed by atoms with Gasteiger partial charge in [0.15, 0.2) is 0 Å². The maximum Gasteiger partial charge on any atom is 0.265 e. The molecule has 224 valence electrons. The number of halogens is 1. The highest BCUT2D eigenvalue weighted by molar-refractivity contribution is 6.30.